The van der Waals surface area contributed by atoms with Gasteiger partial charge in [0.05, 0.1) is 11.4 Å². The molecule has 3 N–H and O–H groups in total. The maximum atomic E-state index is 12.3. The highest BCUT2D eigenvalue weighted by Crippen LogP contribution is 2.33. The van der Waals surface area contributed by atoms with Crippen molar-refractivity contribution in [1.29, 1.82) is 0 Å². The molecule has 3 aromatic rings. The first-order chi connectivity index (χ1) is 13.0. The van der Waals surface area contributed by atoms with E-state index in [4.69, 9.17) is 11.6 Å². The summed E-state index contributed by atoms with van der Waals surface area (Å²) in [6.45, 7) is 2.82. The maximum absolute atomic E-state index is 12.3. The molecule has 0 bridgehead atoms. The highest BCUT2D eigenvalue weighted by Gasteiger charge is 2.27. The maximum Gasteiger partial charge on any atom is 0.225 e. The molecule has 138 valence electrons. The molecule has 1 aliphatic heterocycles. The van der Waals surface area contributed by atoms with Crippen molar-refractivity contribution in [3.63, 3.8) is 0 Å². The van der Waals surface area contributed by atoms with Crippen LogP contribution in [-0.2, 0) is 16.1 Å². The molecule has 0 unspecified atom stereocenters. The van der Waals surface area contributed by atoms with Gasteiger partial charge < -0.3 is 15.6 Å². The highest BCUT2D eigenvalue weighted by molar-refractivity contribution is 6.31. The molecule has 1 aromatic heterocycles. The first kappa shape index (κ1) is 17.6. The Labute approximate surface area is 162 Å². The van der Waals surface area contributed by atoms with Gasteiger partial charge in [0.25, 0.3) is 0 Å². The molecule has 0 aliphatic carbocycles. The Kier molecular flexibility index (Phi) is 4.62. The van der Waals surface area contributed by atoms with Gasteiger partial charge >= 0.3 is 0 Å². The van der Waals surface area contributed by atoms with E-state index in [2.05, 4.69) is 34.7 Å². The van der Waals surface area contributed by atoms with Crippen LogP contribution in [0.4, 0.5) is 0 Å². The van der Waals surface area contributed by atoms with Crippen LogP contribution in [0, 0.1) is 12.8 Å². The van der Waals surface area contributed by atoms with Gasteiger partial charge in [-0.25, -0.2) is 0 Å². The summed E-state index contributed by atoms with van der Waals surface area (Å²) in [5.74, 6) is -0.502. The lowest BCUT2D eigenvalue weighted by atomic mass is 10.0. The van der Waals surface area contributed by atoms with Gasteiger partial charge in [0, 0.05) is 35.6 Å². The van der Waals surface area contributed by atoms with Gasteiger partial charge in [0.2, 0.25) is 11.8 Å². The molecule has 27 heavy (non-hydrogen) atoms. The van der Waals surface area contributed by atoms with Crippen LogP contribution in [0.15, 0.2) is 42.5 Å². The van der Waals surface area contributed by atoms with Crippen LogP contribution in [0.5, 0.6) is 0 Å². The largest absolute Gasteiger partial charge is 0.355 e. The topological polar surface area (TPSA) is 74.0 Å². The van der Waals surface area contributed by atoms with E-state index in [0.717, 1.165) is 33.3 Å². The number of amides is 2. The van der Waals surface area contributed by atoms with E-state index in [1.807, 2.05) is 30.3 Å². The third-order valence-corrected chi connectivity index (χ3v) is 5.30. The lowest BCUT2D eigenvalue weighted by Gasteiger charge is -2.10. The second-order valence-corrected chi connectivity index (χ2v) is 7.34. The molecule has 2 heterocycles. The van der Waals surface area contributed by atoms with Crippen LogP contribution in [-0.4, -0.2) is 23.3 Å². The molecule has 1 aliphatic rings. The fourth-order valence-electron chi connectivity index (χ4n) is 3.61. The summed E-state index contributed by atoms with van der Waals surface area (Å²) in [6, 6.07) is 13.9. The van der Waals surface area contributed by atoms with E-state index in [-0.39, 0.29) is 24.2 Å². The van der Waals surface area contributed by atoms with E-state index in [0.29, 0.717) is 18.1 Å². The Balaban J connectivity index is 1.64. The molecule has 0 radical (unpaired) electrons. The molecular weight excluding hydrogens is 362 g/mol. The number of nitrogens with one attached hydrogen (secondary N) is 3. The van der Waals surface area contributed by atoms with Crippen LogP contribution in [0.25, 0.3) is 22.2 Å². The summed E-state index contributed by atoms with van der Waals surface area (Å²) in [6.07, 6.45) is 0.247. The Morgan fingerprint density at radius 1 is 1.26 bits per heavy atom. The van der Waals surface area contributed by atoms with E-state index in [1.165, 1.54) is 0 Å². The number of fused-ring (bicyclic) bond motifs is 1. The van der Waals surface area contributed by atoms with Crippen molar-refractivity contribution in [1.82, 2.24) is 15.6 Å². The Bertz CT molecular complexity index is 1030. The van der Waals surface area contributed by atoms with Gasteiger partial charge in [-0.2, -0.15) is 0 Å². The van der Waals surface area contributed by atoms with E-state index in [1.54, 1.807) is 0 Å². The van der Waals surface area contributed by atoms with Gasteiger partial charge in [-0.05, 0) is 35.7 Å². The van der Waals surface area contributed by atoms with Crippen LogP contribution < -0.4 is 10.6 Å². The predicted molar refractivity (Wildman–Crippen MR) is 106 cm³/mol. The summed E-state index contributed by atoms with van der Waals surface area (Å²) in [4.78, 5) is 27.1. The third-order valence-electron chi connectivity index (χ3n) is 5.08. The van der Waals surface area contributed by atoms with Crippen molar-refractivity contribution < 1.29 is 9.59 Å². The van der Waals surface area contributed by atoms with Gasteiger partial charge in [0.1, 0.15) is 0 Å². The Morgan fingerprint density at radius 2 is 2.04 bits per heavy atom. The fourth-order valence-corrected chi connectivity index (χ4v) is 3.85. The van der Waals surface area contributed by atoms with Gasteiger partial charge in [0.15, 0.2) is 0 Å². The van der Waals surface area contributed by atoms with Gasteiger partial charge in [-0.1, -0.05) is 41.9 Å². The number of aromatic amines is 1. The fraction of sp³-hybridized carbons (Fsp3) is 0.238. The van der Waals surface area contributed by atoms with Crippen molar-refractivity contribution in [2.24, 2.45) is 5.92 Å². The van der Waals surface area contributed by atoms with Crippen molar-refractivity contribution in [3.05, 3.63) is 58.6 Å². The number of carbonyl (C=O) groups is 2. The van der Waals surface area contributed by atoms with Crippen molar-refractivity contribution in [3.8, 4) is 11.3 Å². The summed E-state index contributed by atoms with van der Waals surface area (Å²) in [5.41, 5.74) is 5.17. The molecule has 5 nitrogen and oxygen atoms in total. The average molecular weight is 382 g/mol. The quantitative estimate of drug-likeness (QED) is 0.646. The molecule has 1 saturated heterocycles. The zero-order valence-electron chi connectivity index (χ0n) is 14.9. The third kappa shape index (κ3) is 3.43. The molecule has 2 amide bonds. The van der Waals surface area contributed by atoms with E-state index >= 15 is 0 Å². The summed E-state index contributed by atoms with van der Waals surface area (Å²) >= 11 is 6.33. The van der Waals surface area contributed by atoms with Crippen molar-refractivity contribution in [2.75, 3.05) is 6.54 Å². The number of halogens is 1. The van der Waals surface area contributed by atoms with E-state index < -0.39 is 0 Å². The normalized spacial score (nSPS) is 16.5. The number of hydrogen-bond acceptors (Lipinski definition) is 2. The Morgan fingerprint density at radius 3 is 2.74 bits per heavy atom. The summed E-state index contributed by atoms with van der Waals surface area (Å²) < 4.78 is 0. The first-order valence-corrected chi connectivity index (χ1v) is 9.31. The molecule has 0 spiro atoms. The summed E-state index contributed by atoms with van der Waals surface area (Å²) in [5, 5.41) is 7.30. The number of benzene rings is 2. The second kappa shape index (κ2) is 7.08. The van der Waals surface area contributed by atoms with Crippen molar-refractivity contribution >= 4 is 34.3 Å². The van der Waals surface area contributed by atoms with Crippen LogP contribution in [0.3, 0.4) is 0 Å². The molecular formula is C21H20ClN3O2. The molecule has 4 rings (SSSR count). The second-order valence-electron chi connectivity index (χ2n) is 6.90. The van der Waals surface area contributed by atoms with Gasteiger partial charge in [-0.15, -0.1) is 0 Å². The highest BCUT2D eigenvalue weighted by atomic mass is 35.5. The minimum Gasteiger partial charge on any atom is -0.355 e. The predicted octanol–water partition coefficient (Wildman–Crippen LogP) is 3.55. The molecule has 1 fully saturated rings. The van der Waals surface area contributed by atoms with Crippen LogP contribution in [0.2, 0.25) is 5.02 Å². The average Bonchev–Trinajstić information content (AvgIpc) is 3.24. The molecule has 0 saturated carbocycles. The van der Waals surface area contributed by atoms with Gasteiger partial charge in [-0.3, -0.25) is 9.59 Å². The first-order valence-electron chi connectivity index (χ1n) is 8.93. The minimum absolute atomic E-state index is 0.0761. The lowest BCUT2D eigenvalue weighted by molar-refractivity contribution is -0.126. The standard InChI is InChI=1S/C21H20ClN3O2/c1-12-17-9-16(22)7-14(10-24-21(27)15-8-18(26)23-11-15)20(17)25-19(12)13-5-3-2-4-6-13/h2-7,9,15,25H,8,10-11H2,1H3,(H,23,26)(H,24,27)/t15-/m0/s1. The molecule has 2 aromatic carbocycles. The summed E-state index contributed by atoms with van der Waals surface area (Å²) in [7, 11) is 0. The monoisotopic (exact) mass is 381 g/mol. The van der Waals surface area contributed by atoms with E-state index in [9.17, 15) is 9.59 Å². The SMILES string of the molecule is Cc1c(-c2ccccc2)[nH]c2c(CNC(=O)[C@@H]3CNC(=O)C3)cc(Cl)cc12. The number of H-pyrrole nitrogens is 1. The van der Waals surface area contributed by atoms with Crippen molar-refractivity contribution in [2.45, 2.75) is 19.9 Å². The number of aromatic nitrogens is 1. The zero-order chi connectivity index (χ0) is 19.0. The minimum atomic E-state index is -0.308. The van der Waals surface area contributed by atoms with Crippen LogP contribution in [0.1, 0.15) is 17.5 Å². The number of hydrogen-bond donors (Lipinski definition) is 3. The lowest BCUT2D eigenvalue weighted by Crippen LogP contribution is -2.31. The Hall–Kier alpha value is -2.79. The zero-order valence-corrected chi connectivity index (χ0v) is 15.7. The smallest absolute Gasteiger partial charge is 0.225 e. The number of carbonyl (C=O) groups excluding carboxylic acids is 2. The number of aryl methyl sites for hydroxylation is 1. The number of rotatable bonds is 4. The molecule has 1 atom stereocenters. The molecule has 6 heteroatoms. The van der Waals surface area contributed by atoms with Crippen LogP contribution >= 0.6 is 11.6 Å².